The highest BCUT2D eigenvalue weighted by Gasteiger charge is 2.14. The number of thioether (sulfide) groups is 1. The quantitative estimate of drug-likeness (QED) is 0.837. The molecule has 1 fully saturated rings. The van der Waals surface area contributed by atoms with Crippen molar-refractivity contribution in [2.75, 3.05) is 36.5 Å². The molecule has 0 bridgehead atoms. The first-order valence-electron chi connectivity index (χ1n) is 8.68. The van der Waals surface area contributed by atoms with Crippen LogP contribution in [0, 0.1) is 12.7 Å². The molecule has 1 heterocycles. The summed E-state index contributed by atoms with van der Waals surface area (Å²) in [6.45, 7) is 5.03. The van der Waals surface area contributed by atoms with Crippen molar-refractivity contribution < 1.29 is 13.9 Å². The lowest BCUT2D eigenvalue weighted by atomic mass is 10.1. The van der Waals surface area contributed by atoms with E-state index in [-0.39, 0.29) is 18.3 Å². The second-order valence-corrected chi connectivity index (χ2v) is 7.49. The van der Waals surface area contributed by atoms with Crippen LogP contribution >= 0.6 is 11.8 Å². The SMILES string of the molecule is Cc1c(CN2CCSCC2)cccc1NC(=O)COc1ccc(F)cc1. The molecule has 1 amide bonds. The van der Waals surface area contributed by atoms with E-state index in [9.17, 15) is 9.18 Å². The molecule has 0 aromatic heterocycles. The Morgan fingerprint density at radius 2 is 1.92 bits per heavy atom. The Morgan fingerprint density at radius 3 is 2.65 bits per heavy atom. The lowest BCUT2D eigenvalue weighted by Gasteiger charge is -2.27. The highest BCUT2D eigenvalue weighted by atomic mass is 32.2. The summed E-state index contributed by atoms with van der Waals surface area (Å²) < 4.78 is 18.3. The molecule has 6 heteroatoms. The first-order valence-corrected chi connectivity index (χ1v) is 9.84. The summed E-state index contributed by atoms with van der Waals surface area (Å²) in [5.74, 6) is 2.26. The topological polar surface area (TPSA) is 41.6 Å². The van der Waals surface area contributed by atoms with Crippen molar-refractivity contribution in [3.63, 3.8) is 0 Å². The number of amides is 1. The molecular formula is C20H23FN2O2S. The van der Waals surface area contributed by atoms with E-state index in [0.717, 1.165) is 30.9 Å². The molecule has 138 valence electrons. The monoisotopic (exact) mass is 374 g/mol. The van der Waals surface area contributed by atoms with Crippen LogP contribution in [0.2, 0.25) is 0 Å². The summed E-state index contributed by atoms with van der Waals surface area (Å²) in [6.07, 6.45) is 0. The van der Waals surface area contributed by atoms with Crippen molar-refractivity contribution in [2.45, 2.75) is 13.5 Å². The number of ether oxygens (including phenoxy) is 1. The Morgan fingerprint density at radius 1 is 1.19 bits per heavy atom. The van der Waals surface area contributed by atoms with E-state index in [1.807, 2.05) is 30.8 Å². The fraction of sp³-hybridized carbons (Fsp3) is 0.350. The number of nitrogens with zero attached hydrogens (tertiary/aromatic N) is 1. The minimum Gasteiger partial charge on any atom is -0.484 e. The van der Waals surface area contributed by atoms with E-state index in [1.165, 1.54) is 41.3 Å². The molecule has 26 heavy (non-hydrogen) atoms. The molecule has 3 rings (SSSR count). The number of halogens is 1. The Kier molecular flexibility index (Phi) is 6.52. The molecule has 1 aliphatic heterocycles. The van der Waals surface area contributed by atoms with E-state index in [0.29, 0.717) is 5.75 Å². The first-order chi connectivity index (χ1) is 12.6. The van der Waals surface area contributed by atoms with Crippen LogP contribution in [-0.2, 0) is 11.3 Å². The van der Waals surface area contributed by atoms with Crippen molar-refractivity contribution in [2.24, 2.45) is 0 Å². The fourth-order valence-electron chi connectivity index (χ4n) is 2.86. The summed E-state index contributed by atoms with van der Waals surface area (Å²) in [7, 11) is 0. The average Bonchev–Trinajstić information content (AvgIpc) is 2.65. The number of hydrogen-bond donors (Lipinski definition) is 1. The third kappa shape index (κ3) is 5.22. The summed E-state index contributed by atoms with van der Waals surface area (Å²) in [5.41, 5.74) is 3.12. The molecule has 0 radical (unpaired) electrons. The van der Waals surface area contributed by atoms with Crippen LogP contribution < -0.4 is 10.1 Å². The van der Waals surface area contributed by atoms with Crippen LogP contribution in [0.1, 0.15) is 11.1 Å². The van der Waals surface area contributed by atoms with Gasteiger partial charge in [0.25, 0.3) is 5.91 Å². The van der Waals surface area contributed by atoms with Gasteiger partial charge in [-0.2, -0.15) is 11.8 Å². The maximum absolute atomic E-state index is 12.9. The van der Waals surface area contributed by atoms with Gasteiger partial charge in [-0.25, -0.2) is 4.39 Å². The van der Waals surface area contributed by atoms with Crippen LogP contribution in [0.25, 0.3) is 0 Å². The van der Waals surface area contributed by atoms with Gasteiger partial charge in [0.1, 0.15) is 11.6 Å². The van der Waals surface area contributed by atoms with Gasteiger partial charge in [0.15, 0.2) is 6.61 Å². The van der Waals surface area contributed by atoms with Gasteiger partial charge in [-0.05, 0) is 48.4 Å². The highest BCUT2D eigenvalue weighted by molar-refractivity contribution is 7.99. The predicted molar refractivity (Wildman–Crippen MR) is 104 cm³/mol. The second-order valence-electron chi connectivity index (χ2n) is 6.27. The average molecular weight is 374 g/mol. The maximum Gasteiger partial charge on any atom is 0.262 e. The Hall–Kier alpha value is -2.05. The second kappa shape index (κ2) is 9.05. The number of hydrogen-bond acceptors (Lipinski definition) is 4. The number of nitrogens with one attached hydrogen (secondary N) is 1. The number of carbonyl (C=O) groups excluding carboxylic acids is 1. The molecule has 1 saturated heterocycles. The Labute approximate surface area is 157 Å². The highest BCUT2D eigenvalue weighted by Crippen LogP contribution is 2.22. The third-order valence-corrected chi connectivity index (χ3v) is 5.34. The smallest absolute Gasteiger partial charge is 0.262 e. The fourth-order valence-corrected chi connectivity index (χ4v) is 3.84. The lowest BCUT2D eigenvalue weighted by molar-refractivity contribution is -0.118. The van der Waals surface area contributed by atoms with Crippen molar-refractivity contribution in [3.8, 4) is 5.75 Å². The van der Waals surface area contributed by atoms with Gasteiger partial charge in [-0.3, -0.25) is 9.69 Å². The first kappa shape index (κ1) is 18.7. The van der Waals surface area contributed by atoms with Crippen molar-refractivity contribution in [1.29, 1.82) is 0 Å². The van der Waals surface area contributed by atoms with E-state index in [2.05, 4.69) is 16.3 Å². The van der Waals surface area contributed by atoms with Crippen LogP contribution in [0.5, 0.6) is 5.75 Å². The van der Waals surface area contributed by atoms with Gasteiger partial charge < -0.3 is 10.1 Å². The van der Waals surface area contributed by atoms with Crippen molar-refractivity contribution in [3.05, 3.63) is 59.4 Å². The molecule has 4 nitrogen and oxygen atoms in total. The molecule has 0 unspecified atom stereocenters. The van der Waals surface area contributed by atoms with Crippen LogP contribution in [0.15, 0.2) is 42.5 Å². The summed E-state index contributed by atoms with van der Waals surface area (Å²) in [5, 5.41) is 2.91. The normalized spacial score (nSPS) is 14.8. The molecule has 0 saturated carbocycles. The van der Waals surface area contributed by atoms with Crippen LogP contribution in [0.4, 0.5) is 10.1 Å². The van der Waals surface area contributed by atoms with E-state index < -0.39 is 0 Å². The third-order valence-electron chi connectivity index (χ3n) is 4.40. The van der Waals surface area contributed by atoms with Crippen molar-refractivity contribution in [1.82, 2.24) is 4.90 Å². The van der Waals surface area contributed by atoms with Crippen molar-refractivity contribution >= 4 is 23.4 Å². The van der Waals surface area contributed by atoms with Crippen LogP contribution in [0.3, 0.4) is 0 Å². The van der Waals surface area contributed by atoms with Gasteiger partial charge >= 0.3 is 0 Å². The Balaban J connectivity index is 1.57. The number of rotatable bonds is 6. The molecule has 2 aromatic carbocycles. The zero-order valence-electron chi connectivity index (χ0n) is 14.8. The standard InChI is InChI=1S/C20H23FN2O2S/c1-15-16(13-23-9-11-26-12-10-23)3-2-4-19(15)22-20(24)14-25-18-7-5-17(21)6-8-18/h2-8H,9-14H2,1H3,(H,22,24). The zero-order valence-corrected chi connectivity index (χ0v) is 15.7. The zero-order chi connectivity index (χ0) is 18.4. The lowest BCUT2D eigenvalue weighted by Crippen LogP contribution is -2.32. The van der Waals surface area contributed by atoms with E-state index in [4.69, 9.17) is 4.74 Å². The maximum atomic E-state index is 12.9. The summed E-state index contributed by atoms with van der Waals surface area (Å²) in [6, 6.07) is 11.6. The molecule has 2 aromatic rings. The number of carbonyl (C=O) groups is 1. The van der Waals surface area contributed by atoms with Gasteiger partial charge in [0, 0.05) is 36.8 Å². The number of anilines is 1. The summed E-state index contributed by atoms with van der Waals surface area (Å²) >= 11 is 2.00. The van der Waals surface area contributed by atoms with Gasteiger partial charge in [-0.1, -0.05) is 12.1 Å². The number of benzene rings is 2. The van der Waals surface area contributed by atoms with E-state index in [1.54, 1.807) is 0 Å². The van der Waals surface area contributed by atoms with Crippen LogP contribution in [-0.4, -0.2) is 42.0 Å². The molecule has 1 N–H and O–H groups in total. The van der Waals surface area contributed by atoms with E-state index >= 15 is 0 Å². The largest absolute Gasteiger partial charge is 0.484 e. The molecule has 0 atom stereocenters. The summed E-state index contributed by atoms with van der Waals surface area (Å²) in [4.78, 5) is 14.6. The molecule has 0 spiro atoms. The minimum absolute atomic E-state index is 0.112. The predicted octanol–water partition coefficient (Wildman–Crippen LogP) is 3.70. The molecule has 0 aliphatic carbocycles. The minimum atomic E-state index is -0.332. The molecular weight excluding hydrogens is 351 g/mol. The molecule has 1 aliphatic rings. The Bertz CT molecular complexity index is 746. The van der Waals surface area contributed by atoms with Gasteiger partial charge in [0.2, 0.25) is 0 Å². The van der Waals surface area contributed by atoms with Gasteiger partial charge in [-0.15, -0.1) is 0 Å². The van der Waals surface area contributed by atoms with Gasteiger partial charge in [0.05, 0.1) is 0 Å².